The first-order chi connectivity index (χ1) is 10.5. The van der Waals surface area contributed by atoms with E-state index in [1.807, 2.05) is 0 Å². The number of aromatic amines is 1. The summed E-state index contributed by atoms with van der Waals surface area (Å²) in [6, 6.07) is 9.44. The monoisotopic (exact) mass is 336 g/mol. The summed E-state index contributed by atoms with van der Waals surface area (Å²) in [4.78, 5) is 18.1. The number of hydrogen-bond donors (Lipinski definition) is 2. The topological polar surface area (TPSA) is 66.0 Å². The fourth-order valence-corrected chi connectivity index (χ4v) is 2.95. The number of H-pyrrole nitrogens is 1. The maximum Gasteiger partial charge on any atom is 0.335 e. The Morgan fingerprint density at radius 3 is 2.73 bits per heavy atom. The molecule has 0 aliphatic carbocycles. The summed E-state index contributed by atoms with van der Waals surface area (Å²) in [5, 5.41) is 9.55. The third-order valence-electron chi connectivity index (χ3n) is 3.08. The zero-order chi connectivity index (χ0) is 15.7. The minimum absolute atomic E-state index is 0.0527. The van der Waals surface area contributed by atoms with E-state index in [-0.39, 0.29) is 10.6 Å². The van der Waals surface area contributed by atoms with Gasteiger partial charge >= 0.3 is 5.97 Å². The summed E-state index contributed by atoms with van der Waals surface area (Å²) in [5.74, 6) is -0.826. The van der Waals surface area contributed by atoms with Crippen molar-refractivity contribution < 1.29 is 14.3 Å². The first-order valence-electron chi connectivity index (χ1n) is 6.33. The van der Waals surface area contributed by atoms with Gasteiger partial charge in [-0.05, 0) is 23.8 Å². The number of nitrogens with zero attached hydrogens (tertiary/aromatic N) is 1. The second-order valence-electron chi connectivity index (χ2n) is 4.62. The van der Waals surface area contributed by atoms with Crippen molar-refractivity contribution in [2.45, 2.75) is 10.9 Å². The average Bonchev–Trinajstić information content (AvgIpc) is 2.88. The lowest BCUT2D eigenvalue weighted by Gasteiger charge is -2.00. The highest BCUT2D eigenvalue weighted by Crippen LogP contribution is 2.26. The predicted octanol–water partition coefficient (Wildman–Crippen LogP) is 4.35. The maximum absolute atomic E-state index is 13.4. The Kier molecular flexibility index (Phi) is 4.04. The summed E-state index contributed by atoms with van der Waals surface area (Å²) in [6.07, 6.45) is 0. The summed E-state index contributed by atoms with van der Waals surface area (Å²) in [6.45, 7) is 0. The molecule has 22 heavy (non-hydrogen) atoms. The SMILES string of the molecule is O=C(O)c1ccc(CSc2nc3cc(F)c(Cl)cc3[nH]2)cc1. The molecule has 1 heterocycles. The lowest BCUT2D eigenvalue weighted by Crippen LogP contribution is -1.95. The number of nitrogens with one attached hydrogen (secondary N) is 1. The van der Waals surface area contributed by atoms with Crippen LogP contribution in [0.5, 0.6) is 0 Å². The van der Waals surface area contributed by atoms with Crippen LogP contribution in [0, 0.1) is 5.82 Å². The standard InChI is InChI=1S/C15H10ClFN2O2S/c16-10-5-12-13(6-11(10)17)19-15(18-12)22-7-8-1-3-9(4-2-8)14(20)21/h1-6H,7H2,(H,18,19)(H,20,21). The van der Waals surface area contributed by atoms with Gasteiger partial charge in [-0.15, -0.1) is 0 Å². The molecule has 0 spiro atoms. The highest BCUT2D eigenvalue weighted by atomic mass is 35.5. The number of hydrogen-bond acceptors (Lipinski definition) is 3. The number of imidazole rings is 1. The maximum atomic E-state index is 13.4. The number of benzene rings is 2. The van der Waals surface area contributed by atoms with E-state index in [9.17, 15) is 9.18 Å². The van der Waals surface area contributed by atoms with E-state index in [4.69, 9.17) is 16.7 Å². The van der Waals surface area contributed by atoms with Crippen LogP contribution in [0.1, 0.15) is 15.9 Å². The molecule has 0 bridgehead atoms. The van der Waals surface area contributed by atoms with Crippen LogP contribution in [0.25, 0.3) is 11.0 Å². The van der Waals surface area contributed by atoms with Crippen molar-refractivity contribution >= 4 is 40.4 Å². The van der Waals surface area contributed by atoms with Gasteiger partial charge in [0.15, 0.2) is 5.16 Å². The first-order valence-corrected chi connectivity index (χ1v) is 7.69. The Labute approximate surface area is 134 Å². The van der Waals surface area contributed by atoms with Crippen LogP contribution >= 0.6 is 23.4 Å². The molecule has 0 unspecified atom stereocenters. The van der Waals surface area contributed by atoms with E-state index < -0.39 is 11.8 Å². The summed E-state index contributed by atoms with van der Waals surface area (Å²) in [7, 11) is 0. The molecule has 0 aliphatic rings. The van der Waals surface area contributed by atoms with E-state index in [2.05, 4.69) is 9.97 Å². The molecule has 0 radical (unpaired) electrons. The Hall–Kier alpha value is -2.05. The molecule has 0 saturated carbocycles. The highest BCUT2D eigenvalue weighted by molar-refractivity contribution is 7.98. The molecule has 1 aromatic heterocycles. The van der Waals surface area contributed by atoms with Crippen molar-refractivity contribution in [2.75, 3.05) is 0 Å². The molecule has 0 fully saturated rings. The van der Waals surface area contributed by atoms with Crippen molar-refractivity contribution in [1.82, 2.24) is 9.97 Å². The molecule has 3 rings (SSSR count). The lowest BCUT2D eigenvalue weighted by molar-refractivity contribution is 0.0697. The second kappa shape index (κ2) is 5.98. The third-order valence-corrected chi connectivity index (χ3v) is 4.31. The van der Waals surface area contributed by atoms with Gasteiger partial charge in [0.25, 0.3) is 0 Å². The second-order valence-corrected chi connectivity index (χ2v) is 5.99. The Morgan fingerprint density at radius 1 is 1.32 bits per heavy atom. The van der Waals surface area contributed by atoms with Crippen LogP contribution in [0.3, 0.4) is 0 Å². The molecular weight excluding hydrogens is 327 g/mol. The minimum Gasteiger partial charge on any atom is -0.478 e. The smallest absolute Gasteiger partial charge is 0.335 e. The molecular formula is C15H10ClFN2O2S. The quantitative estimate of drug-likeness (QED) is 0.695. The molecule has 2 N–H and O–H groups in total. The van der Waals surface area contributed by atoms with Gasteiger partial charge in [0.2, 0.25) is 0 Å². The number of aromatic carboxylic acids is 1. The van der Waals surface area contributed by atoms with E-state index in [0.29, 0.717) is 21.9 Å². The Morgan fingerprint density at radius 2 is 2.05 bits per heavy atom. The first kappa shape index (κ1) is 14.9. The van der Waals surface area contributed by atoms with E-state index in [1.54, 1.807) is 24.3 Å². The fourth-order valence-electron chi connectivity index (χ4n) is 1.95. The normalized spacial score (nSPS) is 11.0. The van der Waals surface area contributed by atoms with Crippen molar-refractivity contribution in [3.63, 3.8) is 0 Å². The Bertz CT molecular complexity index is 810. The number of carbonyl (C=O) groups is 1. The fraction of sp³-hybridized carbons (Fsp3) is 0.0667. The lowest BCUT2D eigenvalue weighted by atomic mass is 10.1. The Balaban J connectivity index is 1.74. The van der Waals surface area contributed by atoms with Crippen molar-refractivity contribution in [3.8, 4) is 0 Å². The molecule has 112 valence electrons. The van der Waals surface area contributed by atoms with Crippen LogP contribution in [0.2, 0.25) is 5.02 Å². The van der Waals surface area contributed by atoms with Gasteiger partial charge in [0.1, 0.15) is 5.82 Å². The minimum atomic E-state index is -0.949. The molecule has 0 atom stereocenters. The molecule has 0 amide bonds. The van der Waals surface area contributed by atoms with Crippen LogP contribution in [-0.4, -0.2) is 21.0 Å². The van der Waals surface area contributed by atoms with Gasteiger partial charge in [-0.3, -0.25) is 0 Å². The van der Waals surface area contributed by atoms with Crippen molar-refractivity contribution in [1.29, 1.82) is 0 Å². The number of halogens is 2. The van der Waals surface area contributed by atoms with Crippen LogP contribution < -0.4 is 0 Å². The van der Waals surface area contributed by atoms with Gasteiger partial charge < -0.3 is 10.1 Å². The molecule has 2 aromatic carbocycles. The van der Waals surface area contributed by atoms with E-state index in [1.165, 1.54) is 23.9 Å². The van der Waals surface area contributed by atoms with E-state index in [0.717, 1.165) is 5.56 Å². The van der Waals surface area contributed by atoms with Crippen LogP contribution in [0.15, 0.2) is 41.6 Å². The zero-order valence-corrected chi connectivity index (χ0v) is 12.7. The summed E-state index contributed by atoms with van der Waals surface area (Å²) < 4.78 is 13.4. The van der Waals surface area contributed by atoms with Gasteiger partial charge in [-0.25, -0.2) is 14.2 Å². The molecule has 0 aliphatic heterocycles. The van der Waals surface area contributed by atoms with Gasteiger partial charge in [0, 0.05) is 11.8 Å². The number of rotatable bonds is 4. The average molecular weight is 337 g/mol. The number of fused-ring (bicyclic) bond motifs is 1. The van der Waals surface area contributed by atoms with Gasteiger partial charge in [-0.2, -0.15) is 0 Å². The van der Waals surface area contributed by atoms with Crippen molar-refractivity contribution in [3.05, 3.63) is 58.4 Å². The number of carboxylic acids is 1. The van der Waals surface area contributed by atoms with E-state index >= 15 is 0 Å². The highest BCUT2D eigenvalue weighted by Gasteiger charge is 2.08. The summed E-state index contributed by atoms with van der Waals surface area (Å²) in [5.41, 5.74) is 2.42. The van der Waals surface area contributed by atoms with Crippen LogP contribution in [0.4, 0.5) is 4.39 Å². The largest absolute Gasteiger partial charge is 0.478 e. The third kappa shape index (κ3) is 3.08. The molecule has 4 nitrogen and oxygen atoms in total. The summed E-state index contributed by atoms with van der Waals surface area (Å²) >= 11 is 7.18. The predicted molar refractivity (Wildman–Crippen MR) is 84.0 cm³/mol. The zero-order valence-electron chi connectivity index (χ0n) is 11.1. The van der Waals surface area contributed by atoms with Crippen LogP contribution in [-0.2, 0) is 5.75 Å². The number of aromatic nitrogens is 2. The molecule has 3 aromatic rings. The molecule has 0 saturated heterocycles. The van der Waals surface area contributed by atoms with Gasteiger partial charge in [0.05, 0.1) is 21.6 Å². The van der Waals surface area contributed by atoms with Gasteiger partial charge in [-0.1, -0.05) is 35.5 Å². The van der Waals surface area contributed by atoms with Crippen molar-refractivity contribution in [2.24, 2.45) is 0 Å². The molecule has 7 heteroatoms. The number of thioether (sulfide) groups is 1. The number of carboxylic acid groups (broad SMARTS) is 1.